The summed E-state index contributed by atoms with van der Waals surface area (Å²) in [7, 11) is 0. The average Bonchev–Trinajstić information content (AvgIpc) is 3.60. The highest BCUT2D eigenvalue weighted by Gasteiger charge is 2.18. The minimum Gasteiger partial charge on any atom is -0.310 e. The second-order valence-corrected chi connectivity index (χ2v) is 14.6. The summed E-state index contributed by atoms with van der Waals surface area (Å²) in [6.07, 6.45) is 0. The van der Waals surface area contributed by atoms with Crippen LogP contribution in [0.5, 0.6) is 0 Å². The molecular weight excluding hydrogens is 677 g/mol. The van der Waals surface area contributed by atoms with Gasteiger partial charge in [0.2, 0.25) is 0 Å². The molecule has 2 heteroatoms. The predicted octanol–water partition coefficient (Wildman–Crippen LogP) is 15.0. The standard InChI is InChI=1S/C54H36N2/c1-2-17-47(18-3-1)56-53-20-9-8-19-51(53)52-30-29-50(36-54(52)56)55(48-27-25-38-12-5-7-14-43(38)34-48)49-28-26-39-22-24-45(33-46(39)35-49)42-16-10-15-41(32-42)44-23-21-37-11-4-6-13-40(37)31-44/h1-36H. The van der Waals surface area contributed by atoms with Crippen molar-refractivity contribution < 1.29 is 0 Å². The van der Waals surface area contributed by atoms with Crippen LogP contribution in [0, 0.1) is 0 Å². The Hall–Kier alpha value is -7.42. The Bertz CT molecular complexity index is 3260. The van der Waals surface area contributed by atoms with E-state index in [4.69, 9.17) is 0 Å². The maximum Gasteiger partial charge on any atom is 0.0561 e. The molecule has 0 aliphatic carbocycles. The highest BCUT2D eigenvalue weighted by atomic mass is 15.1. The predicted molar refractivity (Wildman–Crippen MR) is 239 cm³/mol. The number of anilines is 3. The molecule has 1 heterocycles. The van der Waals surface area contributed by atoms with Crippen LogP contribution >= 0.6 is 0 Å². The number of hydrogen-bond acceptors (Lipinski definition) is 1. The molecule has 0 amide bonds. The Labute approximate surface area is 325 Å². The first-order chi connectivity index (χ1) is 27.7. The van der Waals surface area contributed by atoms with Crippen LogP contribution in [-0.4, -0.2) is 4.57 Å². The Morgan fingerprint density at radius 2 is 0.750 bits per heavy atom. The fraction of sp³-hybridized carbons (Fsp3) is 0. The van der Waals surface area contributed by atoms with Crippen molar-refractivity contribution in [3.63, 3.8) is 0 Å². The first kappa shape index (κ1) is 32.0. The van der Waals surface area contributed by atoms with E-state index in [1.807, 2.05) is 0 Å². The van der Waals surface area contributed by atoms with E-state index >= 15 is 0 Å². The second kappa shape index (κ2) is 13.2. The Balaban J connectivity index is 1.06. The second-order valence-electron chi connectivity index (χ2n) is 14.6. The number of hydrogen-bond donors (Lipinski definition) is 0. The summed E-state index contributed by atoms with van der Waals surface area (Å²) in [6.45, 7) is 0. The van der Waals surface area contributed by atoms with E-state index in [2.05, 4.69) is 228 Å². The minimum atomic E-state index is 1.10. The van der Waals surface area contributed by atoms with Crippen molar-refractivity contribution in [1.82, 2.24) is 4.57 Å². The van der Waals surface area contributed by atoms with Gasteiger partial charge in [0.25, 0.3) is 0 Å². The SMILES string of the molecule is c1ccc(-n2c3ccccc3c3ccc(N(c4ccc5ccccc5c4)c4ccc5ccc(-c6cccc(-c7ccc8ccccc8c7)c6)cc5c4)cc32)cc1. The summed E-state index contributed by atoms with van der Waals surface area (Å²) < 4.78 is 2.39. The zero-order chi connectivity index (χ0) is 37.0. The van der Waals surface area contributed by atoms with Crippen LogP contribution in [-0.2, 0) is 0 Å². The first-order valence-corrected chi connectivity index (χ1v) is 19.2. The third-order valence-corrected chi connectivity index (χ3v) is 11.3. The lowest BCUT2D eigenvalue weighted by Crippen LogP contribution is -2.10. The third-order valence-electron chi connectivity index (χ3n) is 11.3. The maximum atomic E-state index is 2.41. The van der Waals surface area contributed by atoms with E-state index in [1.165, 1.54) is 76.4 Å². The van der Waals surface area contributed by atoms with Crippen molar-refractivity contribution in [3.05, 3.63) is 218 Å². The minimum absolute atomic E-state index is 1.10. The van der Waals surface area contributed by atoms with Crippen molar-refractivity contribution in [2.24, 2.45) is 0 Å². The maximum absolute atomic E-state index is 2.41. The molecule has 0 atom stereocenters. The number of fused-ring (bicyclic) bond motifs is 6. The Kier molecular flexibility index (Phi) is 7.53. The van der Waals surface area contributed by atoms with Crippen LogP contribution in [0.3, 0.4) is 0 Å². The van der Waals surface area contributed by atoms with E-state index in [-0.39, 0.29) is 0 Å². The lowest BCUT2D eigenvalue weighted by Gasteiger charge is -2.26. The van der Waals surface area contributed by atoms with E-state index < -0.39 is 0 Å². The molecule has 11 rings (SSSR count). The van der Waals surface area contributed by atoms with Gasteiger partial charge in [-0.2, -0.15) is 0 Å². The highest BCUT2D eigenvalue weighted by Crippen LogP contribution is 2.41. The molecular formula is C54H36N2. The van der Waals surface area contributed by atoms with Gasteiger partial charge in [0.15, 0.2) is 0 Å². The van der Waals surface area contributed by atoms with E-state index in [0.717, 1.165) is 22.7 Å². The summed E-state index contributed by atoms with van der Waals surface area (Å²) in [6, 6.07) is 79.7. The van der Waals surface area contributed by atoms with Crippen molar-refractivity contribution >= 4 is 71.2 Å². The van der Waals surface area contributed by atoms with E-state index in [0.29, 0.717) is 0 Å². The fourth-order valence-electron chi connectivity index (χ4n) is 8.52. The van der Waals surface area contributed by atoms with Crippen LogP contribution in [0.15, 0.2) is 218 Å². The van der Waals surface area contributed by atoms with Crippen molar-refractivity contribution in [2.75, 3.05) is 4.90 Å². The molecule has 0 saturated carbocycles. The third kappa shape index (κ3) is 5.51. The average molecular weight is 713 g/mol. The van der Waals surface area contributed by atoms with Gasteiger partial charge >= 0.3 is 0 Å². The molecule has 10 aromatic carbocycles. The quantitative estimate of drug-likeness (QED) is 0.167. The molecule has 0 spiro atoms. The highest BCUT2D eigenvalue weighted by molar-refractivity contribution is 6.10. The number of rotatable bonds is 6. The molecule has 0 N–H and O–H groups in total. The van der Waals surface area contributed by atoms with Crippen LogP contribution in [0.1, 0.15) is 0 Å². The molecule has 0 aliphatic rings. The van der Waals surface area contributed by atoms with Crippen LogP contribution < -0.4 is 4.90 Å². The van der Waals surface area contributed by atoms with Crippen molar-refractivity contribution in [1.29, 1.82) is 0 Å². The number of para-hydroxylation sites is 2. The van der Waals surface area contributed by atoms with Gasteiger partial charge in [-0.25, -0.2) is 0 Å². The number of aromatic nitrogens is 1. The normalized spacial score (nSPS) is 11.6. The number of nitrogens with zero attached hydrogens (tertiary/aromatic N) is 2. The largest absolute Gasteiger partial charge is 0.310 e. The molecule has 56 heavy (non-hydrogen) atoms. The molecule has 0 aliphatic heterocycles. The van der Waals surface area contributed by atoms with Gasteiger partial charge in [-0.1, -0.05) is 146 Å². The molecule has 0 bridgehead atoms. The Morgan fingerprint density at radius 3 is 1.46 bits per heavy atom. The van der Waals surface area contributed by atoms with Gasteiger partial charge in [-0.3, -0.25) is 0 Å². The molecule has 1 aromatic heterocycles. The smallest absolute Gasteiger partial charge is 0.0561 e. The molecule has 11 aromatic rings. The van der Waals surface area contributed by atoms with Gasteiger partial charge in [-0.15, -0.1) is 0 Å². The monoisotopic (exact) mass is 712 g/mol. The zero-order valence-electron chi connectivity index (χ0n) is 30.7. The van der Waals surface area contributed by atoms with E-state index in [1.54, 1.807) is 0 Å². The molecule has 0 unspecified atom stereocenters. The van der Waals surface area contributed by atoms with Crippen LogP contribution in [0.4, 0.5) is 17.1 Å². The first-order valence-electron chi connectivity index (χ1n) is 19.2. The van der Waals surface area contributed by atoms with Gasteiger partial charge < -0.3 is 9.47 Å². The zero-order valence-corrected chi connectivity index (χ0v) is 30.7. The van der Waals surface area contributed by atoms with Gasteiger partial charge in [-0.05, 0) is 127 Å². The molecule has 0 radical (unpaired) electrons. The van der Waals surface area contributed by atoms with Gasteiger partial charge in [0, 0.05) is 33.5 Å². The summed E-state index contributed by atoms with van der Waals surface area (Å²) in [5.41, 5.74) is 11.7. The van der Waals surface area contributed by atoms with Gasteiger partial charge in [0.1, 0.15) is 0 Å². The molecule has 262 valence electrons. The summed E-state index contributed by atoms with van der Waals surface area (Å²) >= 11 is 0. The molecule has 0 fully saturated rings. The van der Waals surface area contributed by atoms with Gasteiger partial charge in [0.05, 0.1) is 11.0 Å². The van der Waals surface area contributed by atoms with Crippen molar-refractivity contribution in [3.8, 4) is 27.9 Å². The fourth-order valence-corrected chi connectivity index (χ4v) is 8.52. The Morgan fingerprint density at radius 1 is 0.268 bits per heavy atom. The van der Waals surface area contributed by atoms with E-state index in [9.17, 15) is 0 Å². The van der Waals surface area contributed by atoms with Crippen LogP contribution in [0.2, 0.25) is 0 Å². The number of benzene rings is 10. The van der Waals surface area contributed by atoms with Crippen LogP contribution in [0.25, 0.3) is 82.1 Å². The summed E-state index contributed by atoms with van der Waals surface area (Å²) in [4.78, 5) is 2.41. The van der Waals surface area contributed by atoms with Crippen molar-refractivity contribution in [2.45, 2.75) is 0 Å². The topological polar surface area (TPSA) is 8.17 Å². The summed E-state index contributed by atoms with van der Waals surface area (Å²) in [5, 5.41) is 9.84. The summed E-state index contributed by atoms with van der Waals surface area (Å²) in [5.74, 6) is 0. The molecule has 0 saturated heterocycles. The lowest BCUT2D eigenvalue weighted by atomic mass is 9.96. The molecule has 2 nitrogen and oxygen atoms in total. The lowest BCUT2D eigenvalue weighted by molar-refractivity contribution is 1.18.